The number of halogens is 3. The van der Waals surface area contributed by atoms with Gasteiger partial charge in [0, 0.05) is 55.7 Å². The normalized spacial score (nSPS) is 13.1. The number of rotatable bonds is 10. The van der Waals surface area contributed by atoms with E-state index in [2.05, 4.69) is 21.3 Å². The third-order valence-corrected chi connectivity index (χ3v) is 9.51. The van der Waals surface area contributed by atoms with Crippen molar-refractivity contribution in [3.63, 3.8) is 0 Å². The van der Waals surface area contributed by atoms with Crippen molar-refractivity contribution < 1.29 is 23.4 Å². The molecule has 5 heterocycles. The van der Waals surface area contributed by atoms with Gasteiger partial charge in [0.1, 0.15) is 28.6 Å². The molecule has 0 atom stereocenters. The number of hydrogen-bond donors (Lipinski definition) is 1. The van der Waals surface area contributed by atoms with E-state index in [9.17, 15) is 14.0 Å². The van der Waals surface area contributed by atoms with Crippen LogP contribution >= 0.6 is 35.3 Å². The van der Waals surface area contributed by atoms with E-state index in [1.807, 2.05) is 18.3 Å². The predicted octanol–water partition coefficient (Wildman–Crippen LogP) is 8.00. The van der Waals surface area contributed by atoms with Gasteiger partial charge in [0.15, 0.2) is 0 Å². The molecule has 1 saturated heterocycles. The zero-order valence-electron chi connectivity index (χ0n) is 27.3. The maximum atomic E-state index is 13.5. The number of amides is 1. The van der Waals surface area contributed by atoms with Crippen LogP contribution in [0.2, 0.25) is 5.02 Å². The zero-order valence-corrected chi connectivity index (χ0v) is 29.7. The molecule has 1 N–H and O–H groups in total. The first kappa shape index (κ1) is 36.0. The van der Waals surface area contributed by atoms with Crippen molar-refractivity contribution in [3.05, 3.63) is 124 Å². The summed E-state index contributed by atoms with van der Waals surface area (Å²) in [6.45, 7) is 6.17. The summed E-state index contributed by atoms with van der Waals surface area (Å²) < 4.78 is 32.9. The van der Waals surface area contributed by atoms with E-state index in [1.54, 1.807) is 31.3 Å². The second-order valence-corrected chi connectivity index (χ2v) is 12.9. The molecule has 0 saturated carbocycles. The Bertz CT molecular complexity index is 2220. The Morgan fingerprint density at radius 3 is 2.53 bits per heavy atom. The van der Waals surface area contributed by atoms with Crippen LogP contribution in [0.3, 0.4) is 0 Å². The molecule has 262 valence electrons. The maximum Gasteiger partial charge on any atom is 0.271 e. The number of carbonyl (C=O) groups excluding carboxylic acids is 1. The number of anilines is 1. The smallest absolute Gasteiger partial charge is 0.271 e. The number of aromatic nitrogens is 3. The average Bonchev–Trinajstić information content (AvgIpc) is 3.56. The molecule has 0 spiro atoms. The number of benzene rings is 2. The molecule has 6 aromatic rings. The van der Waals surface area contributed by atoms with Crippen molar-refractivity contribution in [2.24, 2.45) is 0 Å². The molecule has 0 unspecified atom stereocenters. The lowest BCUT2D eigenvalue weighted by atomic mass is 10.2. The van der Waals surface area contributed by atoms with E-state index in [0.717, 1.165) is 59.2 Å². The number of hydrogen-bond acceptors (Lipinski definition) is 9. The molecule has 0 aliphatic carbocycles. The molecule has 1 aliphatic rings. The lowest BCUT2D eigenvalue weighted by molar-refractivity contribution is 0.0341. The third kappa shape index (κ3) is 8.06. The second kappa shape index (κ2) is 16.0. The van der Waals surface area contributed by atoms with Crippen LogP contribution in [0.4, 0.5) is 10.1 Å². The fraction of sp³-hybridized carbons (Fsp3) is 0.189. The van der Waals surface area contributed by atoms with E-state index in [0.29, 0.717) is 22.9 Å². The number of ether oxygens (including phenoxy) is 3. The van der Waals surface area contributed by atoms with Crippen LogP contribution in [0.15, 0.2) is 96.2 Å². The van der Waals surface area contributed by atoms with Gasteiger partial charge in [-0.15, -0.1) is 23.7 Å². The molecule has 10 nitrogen and oxygen atoms in total. The van der Waals surface area contributed by atoms with Gasteiger partial charge in [-0.1, -0.05) is 17.7 Å². The number of thiophene rings is 1. The molecule has 51 heavy (non-hydrogen) atoms. The summed E-state index contributed by atoms with van der Waals surface area (Å²) in [6.07, 6.45) is 5.06. The summed E-state index contributed by atoms with van der Waals surface area (Å²) in [4.78, 5) is 39.5. The molecular weight excluding hydrogens is 716 g/mol. The van der Waals surface area contributed by atoms with Crippen molar-refractivity contribution in [2.45, 2.75) is 13.5 Å². The van der Waals surface area contributed by atoms with Gasteiger partial charge in [-0.2, -0.15) is 0 Å². The topological polar surface area (TPSA) is 108 Å². The van der Waals surface area contributed by atoms with Gasteiger partial charge in [0.25, 0.3) is 11.5 Å². The Morgan fingerprint density at radius 1 is 1.00 bits per heavy atom. The van der Waals surface area contributed by atoms with Gasteiger partial charge < -0.3 is 19.5 Å². The highest BCUT2D eigenvalue weighted by Gasteiger charge is 2.21. The molecule has 0 bridgehead atoms. The fourth-order valence-corrected chi connectivity index (χ4v) is 6.85. The first-order valence-corrected chi connectivity index (χ1v) is 17.1. The highest BCUT2D eigenvalue weighted by atomic mass is 35.5. The van der Waals surface area contributed by atoms with Crippen molar-refractivity contribution in [1.29, 1.82) is 0 Å². The number of nitrogens with zero attached hydrogens (tertiary/aromatic N) is 4. The summed E-state index contributed by atoms with van der Waals surface area (Å²) in [6, 6.07) is 19.6. The quantitative estimate of drug-likeness (QED) is 0.150. The Balaban J connectivity index is 0.00000448. The zero-order chi connectivity index (χ0) is 34.6. The molecular formula is C37H32Cl2FN5O5S. The van der Waals surface area contributed by atoms with Crippen molar-refractivity contribution in [3.8, 4) is 33.5 Å². The Labute approximate surface area is 307 Å². The average molecular weight is 749 g/mol. The van der Waals surface area contributed by atoms with Crippen LogP contribution in [0.5, 0.6) is 17.2 Å². The van der Waals surface area contributed by atoms with E-state index < -0.39 is 17.3 Å². The monoisotopic (exact) mass is 747 g/mol. The van der Waals surface area contributed by atoms with Crippen LogP contribution in [-0.2, 0) is 11.3 Å². The van der Waals surface area contributed by atoms with Gasteiger partial charge in [-0.25, -0.2) is 4.39 Å². The summed E-state index contributed by atoms with van der Waals surface area (Å²) >= 11 is 8.17. The van der Waals surface area contributed by atoms with Gasteiger partial charge in [0.05, 0.1) is 45.6 Å². The Hall–Kier alpha value is -4.85. The molecule has 1 aliphatic heterocycles. The number of nitrogens with one attached hydrogen (secondary N) is 1. The van der Waals surface area contributed by atoms with Gasteiger partial charge in [-0.05, 0) is 73.2 Å². The van der Waals surface area contributed by atoms with Crippen LogP contribution in [0.1, 0.15) is 22.8 Å². The van der Waals surface area contributed by atoms with Crippen LogP contribution in [0.25, 0.3) is 26.5 Å². The van der Waals surface area contributed by atoms with Gasteiger partial charge in [0.2, 0.25) is 0 Å². The SMILES string of the molecule is CCOc1ccn(-c2ccc(F)cc2)c(=O)c1C(=O)Nc1ccc(Oc2ccnc3cc(-c4ccc(CN5CCOCC5)cn4)sc23)c(Cl)c1.Cl. The predicted molar refractivity (Wildman–Crippen MR) is 199 cm³/mol. The summed E-state index contributed by atoms with van der Waals surface area (Å²) in [7, 11) is 0. The molecule has 14 heteroatoms. The largest absolute Gasteiger partial charge is 0.493 e. The number of fused-ring (bicyclic) bond motifs is 1. The van der Waals surface area contributed by atoms with Crippen molar-refractivity contribution in [1.82, 2.24) is 19.4 Å². The molecule has 0 radical (unpaired) electrons. The minimum Gasteiger partial charge on any atom is -0.493 e. The van der Waals surface area contributed by atoms with Crippen LogP contribution in [-0.4, -0.2) is 58.3 Å². The van der Waals surface area contributed by atoms with E-state index >= 15 is 0 Å². The molecule has 2 aromatic carbocycles. The van der Waals surface area contributed by atoms with Crippen LogP contribution < -0.4 is 20.3 Å². The lowest BCUT2D eigenvalue weighted by Gasteiger charge is -2.26. The van der Waals surface area contributed by atoms with Gasteiger partial charge in [-0.3, -0.25) is 29.0 Å². The summed E-state index contributed by atoms with van der Waals surface area (Å²) in [5, 5.41) is 2.98. The Morgan fingerprint density at radius 2 is 1.80 bits per heavy atom. The first-order valence-electron chi connectivity index (χ1n) is 15.9. The van der Waals surface area contributed by atoms with Gasteiger partial charge >= 0.3 is 0 Å². The van der Waals surface area contributed by atoms with E-state index in [1.165, 1.54) is 58.5 Å². The fourth-order valence-electron chi connectivity index (χ4n) is 5.58. The highest BCUT2D eigenvalue weighted by molar-refractivity contribution is 7.22. The van der Waals surface area contributed by atoms with Crippen molar-refractivity contribution >= 4 is 57.2 Å². The third-order valence-electron chi connectivity index (χ3n) is 8.06. The summed E-state index contributed by atoms with van der Waals surface area (Å²) in [5.74, 6) is -0.0753. The first-order chi connectivity index (χ1) is 24.4. The number of pyridine rings is 3. The minimum absolute atomic E-state index is 0. The standard InChI is InChI=1S/C37H31ClFN5O5S.ClH/c1-2-48-31-12-14-44(26-7-4-24(39)5-8-26)37(46)34(31)36(45)42-25-6-10-30(27(38)19-25)49-32-11-13-40-29-20-33(50-35(29)32)28-9-3-23(21-41-28)22-43-15-17-47-18-16-43;/h3-14,19-21H,2,15-18,22H2,1H3,(H,42,45);1H. The maximum absolute atomic E-state index is 13.5. The lowest BCUT2D eigenvalue weighted by Crippen LogP contribution is -2.35. The summed E-state index contributed by atoms with van der Waals surface area (Å²) in [5.41, 5.74) is 2.67. The molecule has 4 aromatic heterocycles. The number of morpholine rings is 1. The molecule has 1 fully saturated rings. The second-order valence-electron chi connectivity index (χ2n) is 11.4. The van der Waals surface area contributed by atoms with E-state index in [4.69, 9.17) is 30.8 Å². The van der Waals surface area contributed by atoms with Crippen LogP contribution in [0, 0.1) is 5.82 Å². The van der Waals surface area contributed by atoms with E-state index in [-0.39, 0.29) is 35.3 Å². The molecule has 7 rings (SSSR count). The molecule has 1 amide bonds. The number of carbonyl (C=O) groups is 1. The Kier molecular flexibility index (Phi) is 11.3. The highest BCUT2D eigenvalue weighted by Crippen LogP contribution is 2.40. The van der Waals surface area contributed by atoms with Crippen molar-refractivity contribution in [2.75, 3.05) is 38.2 Å². The minimum atomic E-state index is -0.690.